The van der Waals surface area contributed by atoms with E-state index >= 15 is 0 Å². The van der Waals surface area contributed by atoms with E-state index in [4.69, 9.17) is 5.11 Å². The Labute approximate surface area is 125 Å². The largest absolute Gasteiger partial charge is 0.481 e. The van der Waals surface area contributed by atoms with Crippen LogP contribution in [0.2, 0.25) is 0 Å². The second kappa shape index (κ2) is 5.88. The number of hydrogen-bond donors (Lipinski definition) is 1. The number of pyridine rings is 1. The number of carboxylic acids is 1. The molecule has 0 aliphatic rings. The van der Waals surface area contributed by atoms with Crippen molar-refractivity contribution in [3.8, 4) is 11.3 Å². The summed E-state index contributed by atoms with van der Waals surface area (Å²) in [6.07, 6.45) is 4.99. The highest BCUT2D eigenvalue weighted by atomic mass is 32.2. The average molecular weight is 297 g/mol. The molecule has 0 bridgehead atoms. The zero-order valence-corrected chi connectivity index (χ0v) is 11.7. The van der Waals surface area contributed by atoms with Crippen molar-refractivity contribution in [3.05, 3.63) is 48.9 Å². The topological polar surface area (TPSA) is 76.0 Å². The summed E-state index contributed by atoms with van der Waals surface area (Å²) in [5, 5.41) is 10.3. The third kappa shape index (κ3) is 3.17. The Bertz CT molecular complexity index is 808. The van der Waals surface area contributed by atoms with Crippen LogP contribution in [-0.2, 0) is 4.79 Å². The van der Waals surface area contributed by atoms with E-state index in [-0.39, 0.29) is 5.75 Å². The van der Waals surface area contributed by atoms with E-state index in [9.17, 15) is 4.79 Å². The molecule has 6 heteroatoms. The van der Waals surface area contributed by atoms with Gasteiger partial charge in [0, 0.05) is 17.1 Å². The first kappa shape index (κ1) is 13.5. The molecule has 0 saturated heterocycles. The Balaban J connectivity index is 1.94. The van der Waals surface area contributed by atoms with E-state index in [1.54, 1.807) is 18.6 Å². The van der Waals surface area contributed by atoms with E-state index in [2.05, 4.69) is 15.0 Å². The Morgan fingerprint density at radius 3 is 3.00 bits per heavy atom. The van der Waals surface area contributed by atoms with Crippen molar-refractivity contribution in [2.45, 2.75) is 5.03 Å². The molecule has 0 aliphatic heterocycles. The maximum Gasteiger partial charge on any atom is 0.313 e. The summed E-state index contributed by atoms with van der Waals surface area (Å²) in [5.41, 5.74) is 2.57. The van der Waals surface area contributed by atoms with Gasteiger partial charge in [-0.2, -0.15) is 0 Å². The van der Waals surface area contributed by atoms with Crippen molar-refractivity contribution in [2.24, 2.45) is 0 Å². The highest BCUT2D eigenvalue weighted by Gasteiger charge is 2.06. The average Bonchev–Trinajstić information content (AvgIpc) is 2.53. The molecule has 1 N–H and O–H groups in total. The summed E-state index contributed by atoms with van der Waals surface area (Å²) < 4.78 is 0. The standard InChI is InChI=1S/C15H11N3O2S/c19-15(20)9-21-14-8-16-7-13(18-14)11-3-4-12-10(6-11)2-1-5-17-12/h1-8H,9H2,(H,19,20). The molecule has 0 atom stereocenters. The summed E-state index contributed by atoms with van der Waals surface area (Å²) in [5.74, 6) is -0.899. The van der Waals surface area contributed by atoms with Crippen LogP contribution in [0, 0.1) is 0 Å². The van der Waals surface area contributed by atoms with Crippen LogP contribution in [0.4, 0.5) is 0 Å². The molecule has 3 aromatic rings. The first-order valence-electron chi connectivity index (χ1n) is 6.24. The van der Waals surface area contributed by atoms with Crippen LogP contribution in [0.25, 0.3) is 22.2 Å². The second-order valence-electron chi connectivity index (χ2n) is 4.34. The molecular weight excluding hydrogens is 286 g/mol. The molecule has 0 radical (unpaired) electrons. The van der Waals surface area contributed by atoms with E-state index in [0.717, 1.165) is 33.9 Å². The SMILES string of the molecule is O=C(O)CSc1cncc(-c2ccc3ncccc3c2)n1. The maximum atomic E-state index is 10.6. The fourth-order valence-electron chi connectivity index (χ4n) is 1.93. The minimum absolute atomic E-state index is 0.0280. The van der Waals surface area contributed by atoms with Crippen LogP contribution < -0.4 is 0 Å². The lowest BCUT2D eigenvalue weighted by Gasteiger charge is -2.04. The van der Waals surface area contributed by atoms with Crippen molar-refractivity contribution in [3.63, 3.8) is 0 Å². The number of rotatable bonds is 4. The lowest BCUT2D eigenvalue weighted by atomic mass is 10.1. The second-order valence-corrected chi connectivity index (χ2v) is 5.33. The fourth-order valence-corrected chi connectivity index (χ4v) is 2.50. The lowest BCUT2D eigenvalue weighted by molar-refractivity contribution is -0.133. The third-order valence-electron chi connectivity index (χ3n) is 2.85. The summed E-state index contributed by atoms with van der Waals surface area (Å²) in [6.45, 7) is 0. The Morgan fingerprint density at radius 2 is 2.14 bits per heavy atom. The van der Waals surface area contributed by atoms with Gasteiger partial charge in [-0.25, -0.2) is 4.98 Å². The molecule has 2 heterocycles. The monoisotopic (exact) mass is 297 g/mol. The Hall–Kier alpha value is -2.47. The number of fused-ring (bicyclic) bond motifs is 1. The smallest absolute Gasteiger partial charge is 0.313 e. The van der Waals surface area contributed by atoms with E-state index in [1.165, 1.54) is 0 Å². The first-order chi connectivity index (χ1) is 10.2. The van der Waals surface area contributed by atoms with E-state index in [1.807, 2.05) is 30.3 Å². The summed E-state index contributed by atoms with van der Waals surface area (Å²) in [7, 11) is 0. The predicted octanol–water partition coefficient (Wildman–Crippen LogP) is 2.87. The number of nitrogens with zero attached hydrogens (tertiary/aromatic N) is 3. The molecule has 0 saturated carbocycles. The zero-order valence-electron chi connectivity index (χ0n) is 10.9. The summed E-state index contributed by atoms with van der Waals surface area (Å²) >= 11 is 1.16. The molecule has 3 rings (SSSR count). The number of hydrogen-bond acceptors (Lipinski definition) is 5. The number of thioether (sulfide) groups is 1. The molecule has 21 heavy (non-hydrogen) atoms. The molecular formula is C15H11N3O2S. The fraction of sp³-hybridized carbons (Fsp3) is 0.0667. The number of aromatic nitrogens is 3. The highest BCUT2D eigenvalue weighted by molar-refractivity contribution is 7.99. The minimum atomic E-state index is -0.871. The van der Waals surface area contributed by atoms with Gasteiger partial charge in [0.25, 0.3) is 0 Å². The molecule has 0 aliphatic carbocycles. The van der Waals surface area contributed by atoms with Gasteiger partial charge in [0.1, 0.15) is 5.03 Å². The number of aliphatic carboxylic acids is 1. The van der Waals surface area contributed by atoms with Gasteiger partial charge < -0.3 is 5.11 Å². The highest BCUT2D eigenvalue weighted by Crippen LogP contribution is 2.23. The number of benzene rings is 1. The van der Waals surface area contributed by atoms with E-state index in [0.29, 0.717) is 5.03 Å². The summed E-state index contributed by atoms with van der Waals surface area (Å²) in [4.78, 5) is 23.4. The van der Waals surface area contributed by atoms with Crippen molar-refractivity contribution in [2.75, 3.05) is 5.75 Å². The van der Waals surface area contributed by atoms with Gasteiger partial charge >= 0.3 is 5.97 Å². The number of carbonyl (C=O) groups is 1. The van der Waals surface area contributed by atoms with Crippen LogP contribution in [0.5, 0.6) is 0 Å². The van der Waals surface area contributed by atoms with Crippen LogP contribution in [0.1, 0.15) is 0 Å². The van der Waals surface area contributed by atoms with Gasteiger partial charge in [0.05, 0.1) is 29.4 Å². The molecule has 0 unspecified atom stereocenters. The maximum absolute atomic E-state index is 10.6. The minimum Gasteiger partial charge on any atom is -0.481 e. The first-order valence-corrected chi connectivity index (χ1v) is 7.23. The van der Waals surface area contributed by atoms with Crippen LogP contribution in [-0.4, -0.2) is 31.8 Å². The van der Waals surface area contributed by atoms with Gasteiger partial charge in [-0.15, -0.1) is 0 Å². The van der Waals surface area contributed by atoms with Crippen LogP contribution >= 0.6 is 11.8 Å². The molecule has 0 spiro atoms. The van der Waals surface area contributed by atoms with E-state index < -0.39 is 5.97 Å². The van der Waals surface area contributed by atoms with Gasteiger partial charge in [-0.3, -0.25) is 14.8 Å². The van der Waals surface area contributed by atoms with Crippen molar-refractivity contribution in [1.82, 2.24) is 15.0 Å². The van der Waals surface area contributed by atoms with Crippen LogP contribution in [0.3, 0.4) is 0 Å². The van der Waals surface area contributed by atoms with Gasteiger partial charge in [0.2, 0.25) is 0 Å². The van der Waals surface area contributed by atoms with Gasteiger partial charge in [-0.05, 0) is 18.2 Å². The van der Waals surface area contributed by atoms with Gasteiger partial charge in [-0.1, -0.05) is 23.9 Å². The Morgan fingerprint density at radius 1 is 1.24 bits per heavy atom. The molecule has 1 aromatic carbocycles. The molecule has 2 aromatic heterocycles. The third-order valence-corrected chi connectivity index (χ3v) is 3.74. The predicted molar refractivity (Wildman–Crippen MR) is 81.1 cm³/mol. The zero-order chi connectivity index (χ0) is 14.7. The number of carboxylic acid groups (broad SMARTS) is 1. The molecule has 0 amide bonds. The summed E-state index contributed by atoms with van der Waals surface area (Å²) in [6, 6.07) is 9.74. The van der Waals surface area contributed by atoms with Crippen molar-refractivity contribution in [1.29, 1.82) is 0 Å². The van der Waals surface area contributed by atoms with Crippen LogP contribution in [0.15, 0.2) is 53.9 Å². The molecule has 0 fully saturated rings. The molecule has 104 valence electrons. The quantitative estimate of drug-likeness (QED) is 0.746. The lowest BCUT2D eigenvalue weighted by Crippen LogP contribution is -1.98. The normalized spacial score (nSPS) is 10.7. The Kier molecular flexibility index (Phi) is 3.79. The van der Waals surface area contributed by atoms with Crippen molar-refractivity contribution >= 4 is 28.6 Å². The van der Waals surface area contributed by atoms with Crippen molar-refractivity contribution < 1.29 is 9.90 Å². The molecule has 5 nitrogen and oxygen atoms in total. The van der Waals surface area contributed by atoms with Gasteiger partial charge in [0.15, 0.2) is 0 Å².